The van der Waals surface area contributed by atoms with E-state index in [2.05, 4.69) is 10.4 Å². The zero-order valence-electron chi connectivity index (χ0n) is 9.95. The standard InChI is InChI=1S/C11H18N4O/c1-4-5-6-7-13-11(16)10-9(12)8(2)14-15(10)3/h4-5H,6-7,12H2,1-3H3,(H,13,16)/b5-4+. The van der Waals surface area contributed by atoms with Gasteiger partial charge in [-0.25, -0.2) is 0 Å². The first-order chi connectivity index (χ1) is 7.57. The van der Waals surface area contributed by atoms with Gasteiger partial charge in [-0.15, -0.1) is 0 Å². The number of allylic oxidation sites excluding steroid dienone is 1. The molecule has 0 unspecified atom stereocenters. The highest BCUT2D eigenvalue weighted by molar-refractivity contribution is 5.97. The van der Waals surface area contributed by atoms with Crippen molar-refractivity contribution >= 4 is 11.6 Å². The summed E-state index contributed by atoms with van der Waals surface area (Å²) in [5, 5.41) is 6.89. The van der Waals surface area contributed by atoms with Gasteiger partial charge in [0.25, 0.3) is 5.91 Å². The molecule has 0 saturated carbocycles. The molecule has 16 heavy (non-hydrogen) atoms. The number of carbonyl (C=O) groups excluding carboxylic acids is 1. The molecule has 0 aliphatic carbocycles. The highest BCUT2D eigenvalue weighted by Crippen LogP contribution is 2.14. The van der Waals surface area contributed by atoms with Crippen molar-refractivity contribution in [2.24, 2.45) is 7.05 Å². The molecule has 0 bridgehead atoms. The van der Waals surface area contributed by atoms with Crippen molar-refractivity contribution in [3.63, 3.8) is 0 Å². The maximum Gasteiger partial charge on any atom is 0.271 e. The Kier molecular flexibility index (Phi) is 4.10. The highest BCUT2D eigenvalue weighted by atomic mass is 16.2. The lowest BCUT2D eigenvalue weighted by Crippen LogP contribution is -2.27. The molecule has 5 nitrogen and oxygen atoms in total. The minimum absolute atomic E-state index is 0.176. The Bertz CT molecular complexity index is 406. The fraction of sp³-hybridized carbons (Fsp3) is 0.455. The predicted molar refractivity (Wildman–Crippen MR) is 64.1 cm³/mol. The molecule has 0 spiro atoms. The Morgan fingerprint density at radius 2 is 2.31 bits per heavy atom. The molecular weight excluding hydrogens is 204 g/mol. The summed E-state index contributed by atoms with van der Waals surface area (Å²) in [4.78, 5) is 11.8. The normalized spacial score (nSPS) is 10.9. The zero-order chi connectivity index (χ0) is 12.1. The molecule has 88 valence electrons. The maximum absolute atomic E-state index is 11.8. The van der Waals surface area contributed by atoms with Crippen LogP contribution in [0.3, 0.4) is 0 Å². The second-order valence-electron chi connectivity index (χ2n) is 3.58. The lowest BCUT2D eigenvalue weighted by molar-refractivity contribution is 0.0946. The molecule has 5 heteroatoms. The van der Waals surface area contributed by atoms with Gasteiger partial charge < -0.3 is 11.1 Å². The monoisotopic (exact) mass is 222 g/mol. The number of aryl methyl sites for hydroxylation is 2. The van der Waals surface area contributed by atoms with E-state index in [4.69, 9.17) is 5.73 Å². The molecule has 1 heterocycles. The topological polar surface area (TPSA) is 72.9 Å². The van der Waals surface area contributed by atoms with E-state index in [0.717, 1.165) is 6.42 Å². The van der Waals surface area contributed by atoms with Crippen LogP contribution in [0, 0.1) is 6.92 Å². The summed E-state index contributed by atoms with van der Waals surface area (Å²) in [7, 11) is 1.71. The van der Waals surface area contributed by atoms with Crippen molar-refractivity contribution in [2.45, 2.75) is 20.3 Å². The minimum atomic E-state index is -0.176. The molecule has 0 radical (unpaired) electrons. The molecule has 0 atom stereocenters. The van der Waals surface area contributed by atoms with Crippen LogP contribution in [0.15, 0.2) is 12.2 Å². The summed E-state index contributed by atoms with van der Waals surface area (Å²) < 4.78 is 1.51. The first-order valence-electron chi connectivity index (χ1n) is 5.26. The second-order valence-corrected chi connectivity index (χ2v) is 3.58. The molecule has 3 N–H and O–H groups in total. The molecular formula is C11H18N4O. The third kappa shape index (κ3) is 2.62. The van der Waals surface area contributed by atoms with Crippen molar-refractivity contribution in [2.75, 3.05) is 12.3 Å². The lowest BCUT2D eigenvalue weighted by Gasteiger charge is -2.04. The molecule has 0 aliphatic rings. The van der Waals surface area contributed by atoms with E-state index in [1.165, 1.54) is 4.68 Å². The Hall–Kier alpha value is -1.78. The summed E-state index contributed by atoms with van der Waals surface area (Å²) in [6, 6.07) is 0. The van der Waals surface area contributed by atoms with Gasteiger partial charge in [0.1, 0.15) is 5.69 Å². The van der Waals surface area contributed by atoms with E-state index in [1.807, 2.05) is 19.1 Å². The molecule has 0 aromatic carbocycles. The number of nitrogens with two attached hydrogens (primary N) is 1. The summed E-state index contributed by atoms with van der Waals surface area (Å²) in [6.45, 7) is 4.34. The molecule has 1 aromatic heterocycles. The van der Waals surface area contributed by atoms with Crippen LogP contribution >= 0.6 is 0 Å². The van der Waals surface area contributed by atoms with Gasteiger partial charge in [0.15, 0.2) is 0 Å². The minimum Gasteiger partial charge on any atom is -0.395 e. The van der Waals surface area contributed by atoms with Gasteiger partial charge in [-0.1, -0.05) is 12.2 Å². The number of nitrogen functional groups attached to an aromatic ring is 1. The average Bonchev–Trinajstić information content (AvgIpc) is 2.48. The van der Waals surface area contributed by atoms with Gasteiger partial charge in [-0.05, 0) is 20.3 Å². The number of hydrogen-bond acceptors (Lipinski definition) is 3. The van der Waals surface area contributed by atoms with E-state index in [9.17, 15) is 4.79 Å². The van der Waals surface area contributed by atoms with Gasteiger partial charge in [0, 0.05) is 13.6 Å². The van der Waals surface area contributed by atoms with Gasteiger partial charge in [-0.3, -0.25) is 9.48 Å². The molecule has 0 saturated heterocycles. The summed E-state index contributed by atoms with van der Waals surface area (Å²) in [6.07, 6.45) is 4.77. The quantitative estimate of drug-likeness (QED) is 0.589. The lowest BCUT2D eigenvalue weighted by atomic mass is 10.3. The van der Waals surface area contributed by atoms with Crippen LogP contribution in [-0.4, -0.2) is 22.2 Å². The van der Waals surface area contributed by atoms with Crippen LogP contribution in [0.5, 0.6) is 0 Å². The van der Waals surface area contributed by atoms with Crippen LogP contribution in [0.25, 0.3) is 0 Å². The Morgan fingerprint density at radius 1 is 1.62 bits per heavy atom. The third-order valence-corrected chi connectivity index (χ3v) is 2.32. The number of hydrogen-bond donors (Lipinski definition) is 2. The van der Waals surface area contributed by atoms with Gasteiger partial charge in [0.2, 0.25) is 0 Å². The van der Waals surface area contributed by atoms with E-state index < -0.39 is 0 Å². The SMILES string of the molecule is C/C=C/CCNC(=O)c1c(N)c(C)nn1C. The first-order valence-corrected chi connectivity index (χ1v) is 5.26. The van der Waals surface area contributed by atoms with Gasteiger partial charge in [0.05, 0.1) is 11.4 Å². The van der Waals surface area contributed by atoms with Crippen molar-refractivity contribution in [1.29, 1.82) is 0 Å². The maximum atomic E-state index is 11.8. The van der Waals surface area contributed by atoms with Crippen LogP contribution in [-0.2, 0) is 7.05 Å². The summed E-state index contributed by atoms with van der Waals surface area (Å²) in [5.41, 5.74) is 7.34. The van der Waals surface area contributed by atoms with Crippen molar-refractivity contribution < 1.29 is 4.79 Å². The molecule has 0 aliphatic heterocycles. The van der Waals surface area contributed by atoms with Gasteiger partial charge in [-0.2, -0.15) is 5.10 Å². The number of aromatic nitrogens is 2. The fourth-order valence-electron chi connectivity index (χ4n) is 1.46. The Balaban J connectivity index is 2.66. The number of anilines is 1. The van der Waals surface area contributed by atoms with E-state index in [1.54, 1.807) is 14.0 Å². The third-order valence-electron chi connectivity index (χ3n) is 2.32. The number of rotatable bonds is 4. The van der Waals surface area contributed by atoms with Gasteiger partial charge >= 0.3 is 0 Å². The fourth-order valence-corrected chi connectivity index (χ4v) is 1.46. The number of nitrogens with one attached hydrogen (secondary N) is 1. The van der Waals surface area contributed by atoms with Crippen LogP contribution < -0.4 is 11.1 Å². The molecule has 1 amide bonds. The largest absolute Gasteiger partial charge is 0.395 e. The van der Waals surface area contributed by atoms with Crippen LogP contribution in [0.1, 0.15) is 29.5 Å². The molecule has 0 fully saturated rings. The van der Waals surface area contributed by atoms with E-state index in [0.29, 0.717) is 23.6 Å². The first kappa shape index (κ1) is 12.3. The highest BCUT2D eigenvalue weighted by Gasteiger charge is 2.16. The smallest absolute Gasteiger partial charge is 0.271 e. The number of amides is 1. The predicted octanol–water partition coefficient (Wildman–Crippen LogP) is 1.01. The number of nitrogens with zero attached hydrogens (tertiary/aromatic N) is 2. The number of carbonyl (C=O) groups is 1. The van der Waals surface area contributed by atoms with Crippen molar-refractivity contribution in [3.8, 4) is 0 Å². The van der Waals surface area contributed by atoms with Crippen LogP contribution in [0.2, 0.25) is 0 Å². The summed E-state index contributed by atoms with van der Waals surface area (Å²) >= 11 is 0. The molecule has 1 rings (SSSR count). The van der Waals surface area contributed by atoms with Crippen LogP contribution in [0.4, 0.5) is 5.69 Å². The Morgan fingerprint density at radius 3 is 2.81 bits per heavy atom. The zero-order valence-corrected chi connectivity index (χ0v) is 9.95. The van der Waals surface area contributed by atoms with Crippen molar-refractivity contribution in [1.82, 2.24) is 15.1 Å². The average molecular weight is 222 g/mol. The molecule has 1 aromatic rings. The van der Waals surface area contributed by atoms with E-state index >= 15 is 0 Å². The summed E-state index contributed by atoms with van der Waals surface area (Å²) in [5.74, 6) is -0.176. The second kappa shape index (κ2) is 5.34. The van der Waals surface area contributed by atoms with E-state index in [-0.39, 0.29) is 5.91 Å². The Labute approximate surface area is 95.3 Å². The van der Waals surface area contributed by atoms with Crippen molar-refractivity contribution in [3.05, 3.63) is 23.5 Å².